The van der Waals surface area contributed by atoms with E-state index in [0.717, 1.165) is 12.3 Å². The zero-order valence-electron chi connectivity index (χ0n) is 9.24. The minimum Gasteiger partial charge on any atom is -0.481 e. The third-order valence-corrected chi connectivity index (χ3v) is 5.38. The number of hydrogen-bond acceptors (Lipinski definition) is 1. The van der Waals surface area contributed by atoms with E-state index in [1.165, 1.54) is 44.9 Å². The first kappa shape index (κ1) is 9.68. The Morgan fingerprint density at radius 1 is 1.07 bits per heavy atom. The molecule has 1 N–H and O–H groups in total. The second kappa shape index (κ2) is 3.23. The second-order valence-corrected chi connectivity index (χ2v) is 5.91. The zero-order chi connectivity index (χ0) is 10.5. The van der Waals surface area contributed by atoms with E-state index in [1.54, 1.807) is 0 Å². The summed E-state index contributed by atoms with van der Waals surface area (Å²) in [5, 5.41) is 9.65. The Kier molecular flexibility index (Phi) is 2.08. The number of hydrogen-bond donors (Lipinski definition) is 1. The van der Waals surface area contributed by atoms with Crippen LogP contribution in [0, 0.1) is 23.2 Å². The van der Waals surface area contributed by atoms with E-state index in [1.807, 2.05) is 0 Å². The molecule has 0 heterocycles. The molecule has 3 saturated carbocycles. The first-order valence-corrected chi connectivity index (χ1v) is 6.47. The maximum Gasteiger partial charge on any atom is 0.310 e. The summed E-state index contributed by atoms with van der Waals surface area (Å²) in [5.41, 5.74) is -0.292. The summed E-state index contributed by atoms with van der Waals surface area (Å²) < 4.78 is 0. The van der Waals surface area contributed by atoms with E-state index in [-0.39, 0.29) is 5.41 Å². The molecule has 2 bridgehead atoms. The van der Waals surface area contributed by atoms with Gasteiger partial charge in [0.15, 0.2) is 0 Å². The molecule has 0 spiro atoms. The molecule has 3 fully saturated rings. The van der Waals surface area contributed by atoms with Gasteiger partial charge in [0.25, 0.3) is 0 Å². The lowest BCUT2D eigenvalue weighted by molar-refractivity contribution is -0.157. The molecule has 3 aliphatic rings. The maximum absolute atomic E-state index is 11.7. The number of aliphatic carboxylic acids is 1. The molecule has 3 unspecified atom stereocenters. The lowest BCUT2D eigenvalue weighted by Crippen LogP contribution is -2.42. The lowest BCUT2D eigenvalue weighted by Gasteiger charge is -2.38. The fourth-order valence-electron chi connectivity index (χ4n) is 4.75. The summed E-state index contributed by atoms with van der Waals surface area (Å²) in [6.45, 7) is 0. The summed E-state index contributed by atoms with van der Waals surface area (Å²) in [6, 6.07) is 0. The van der Waals surface area contributed by atoms with Gasteiger partial charge in [-0.1, -0.05) is 19.3 Å². The van der Waals surface area contributed by atoms with Gasteiger partial charge >= 0.3 is 5.97 Å². The lowest BCUT2D eigenvalue weighted by atomic mass is 9.64. The Balaban J connectivity index is 1.92. The fourth-order valence-corrected chi connectivity index (χ4v) is 4.75. The van der Waals surface area contributed by atoms with Gasteiger partial charge in [0.2, 0.25) is 0 Å². The first-order valence-electron chi connectivity index (χ1n) is 6.47. The highest BCUT2D eigenvalue weighted by atomic mass is 16.4. The van der Waals surface area contributed by atoms with E-state index in [0.29, 0.717) is 11.8 Å². The number of rotatable bonds is 2. The van der Waals surface area contributed by atoms with Crippen molar-refractivity contribution < 1.29 is 9.90 Å². The molecule has 0 aromatic rings. The van der Waals surface area contributed by atoms with E-state index < -0.39 is 5.97 Å². The van der Waals surface area contributed by atoms with Crippen molar-refractivity contribution in [2.24, 2.45) is 23.2 Å². The van der Waals surface area contributed by atoms with Crippen LogP contribution in [0.4, 0.5) is 0 Å². The Labute approximate surface area is 91.1 Å². The molecule has 0 aromatic carbocycles. The van der Waals surface area contributed by atoms with E-state index in [4.69, 9.17) is 0 Å². The van der Waals surface area contributed by atoms with Crippen LogP contribution in [-0.4, -0.2) is 11.1 Å². The van der Waals surface area contributed by atoms with E-state index >= 15 is 0 Å². The minimum atomic E-state index is -0.471. The molecule has 3 atom stereocenters. The topological polar surface area (TPSA) is 37.3 Å². The average Bonchev–Trinajstić information content (AvgIpc) is 2.93. The normalized spacial score (nSPS) is 45.1. The highest BCUT2D eigenvalue weighted by Gasteiger charge is 2.59. The fraction of sp³-hybridized carbons (Fsp3) is 0.923. The van der Waals surface area contributed by atoms with E-state index in [2.05, 4.69) is 0 Å². The predicted molar refractivity (Wildman–Crippen MR) is 57.5 cm³/mol. The van der Waals surface area contributed by atoms with Gasteiger partial charge in [0, 0.05) is 0 Å². The van der Waals surface area contributed by atoms with Crippen molar-refractivity contribution in [3.63, 3.8) is 0 Å². The van der Waals surface area contributed by atoms with Gasteiger partial charge in [0.05, 0.1) is 5.41 Å². The second-order valence-electron chi connectivity index (χ2n) is 5.91. The molecule has 15 heavy (non-hydrogen) atoms. The number of carbonyl (C=O) groups is 1. The van der Waals surface area contributed by atoms with Crippen molar-refractivity contribution in [3.05, 3.63) is 0 Å². The molecular weight excluding hydrogens is 188 g/mol. The van der Waals surface area contributed by atoms with Crippen LogP contribution in [-0.2, 0) is 4.79 Å². The number of carboxylic acids is 1. The number of fused-ring (bicyclic) bond motifs is 2. The van der Waals surface area contributed by atoms with Gasteiger partial charge in [-0.2, -0.15) is 0 Å². The summed E-state index contributed by atoms with van der Waals surface area (Å²) in [7, 11) is 0. The van der Waals surface area contributed by atoms with Gasteiger partial charge < -0.3 is 5.11 Å². The van der Waals surface area contributed by atoms with Crippen LogP contribution in [0.5, 0.6) is 0 Å². The van der Waals surface area contributed by atoms with Crippen molar-refractivity contribution in [3.8, 4) is 0 Å². The Morgan fingerprint density at radius 2 is 1.80 bits per heavy atom. The molecule has 2 nitrogen and oxygen atoms in total. The highest BCUT2D eigenvalue weighted by Crippen LogP contribution is 2.62. The van der Waals surface area contributed by atoms with Crippen LogP contribution in [0.25, 0.3) is 0 Å². The first-order chi connectivity index (χ1) is 7.23. The predicted octanol–water partition coefficient (Wildman–Crippen LogP) is 3.07. The SMILES string of the molecule is O=C(O)C1(C2CCCC2)CC2CCC1C2. The summed E-state index contributed by atoms with van der Waals surface area (Å²) >= 11 is 0. The zero-order valence-corrected chi connectivity index (χ0v) is 9.24. The number of carboxylic acid groups (broad SMARTS) is 1. The van der Waals surface area contributed by atoms with Crippen LogP contribution in [0.3, 0.4) is 0 Å². The Bertz CT molecular complexity index is 280. The van der Waals surface area contributed by atoms with Gasteiger partial charge in [-0.25, -0.2) is 0 Å². The summed E-state index contributed by atoms with van der Waals surface area (Å²) in [4.78, 5) is 11.7. The van der Waals surface area contributed by atoms with Gasteiger partial charge in [-0.05, 0) is 49.9 Å². The highest BCUT2D eigenvalue weighted by molar-refractivity contribution is 5.76. The minimum absolute atomic E-state index is 0.292. The van der Waals surface area contributed by atoms with Gasteiger partial charge in [0.1, 0.15) is 0 Å². The van der Waals surface area contributed by atoms with Crippen molar-refractivity contribution in [1.29, 1.82) is 0 Å². The molecule has 0 radical (unpaired) electrons. The summed E-state index contributed by atoms with van der Waals surface area (Å²) in [5.74, 6) is 1.29. The van der Waals surface area contributed by atoms with Crippen LogP contribution < -0.4 is 0 Å². The summed E-state index contributed by atoms with van der Waals surface area (Å²) in [6.07, 6.45) is 9.57. The molecule has 3 aliphatic carbocycles. The largest absolute Gasteiger partial charge is 0.481 e. The molecule has 84 valence electrons. The Hall–Kier alpha value is -0.530. The third kappa shape index (κ3) is 1.20. The van der Waals surface area contributed by atoms with Crippen molar-refractivity contribution in [1.82, 2.24) is 0 Å². The van der Waals surface area contributed by atoms with Crippen molar-refractivity contribution in [2.75, 3.05) is 0 Å². The molecule has 0 aromatic heterocycles. The van der Waals surface area contributed by atoms with Crippen molar-refractivity contribution >= 4 is 5.97 Å². The molecule has 2 heteroatoms. The van der Waals surface area contributed by atoms with Gasteiger partial charge in [-0.15, -0.1) is 0 Å². The van der Waals surface area contributed by atoms with E-state index in [9.17, 15) is 9.90 Å². The van der Waals surface area contributed by atoms with Crippen LogP contribution in [0.2, 0.25) is 0 Å². The molecule has 3 rings (SSSR count). The molecule has 0 saturated heterocycles. The molecule has 0 amide bonds. The smallest absolute Gasteiger partial charge is 0.310 e. The molecular formula is C13H20O2. The monoisotopic (exact) mass is 208 g/mol. The van der Waals surface area contributed by atoms with Crippen LogP contribution >= 0.6 is 0 Å². The Morgan fingerprint density at radius 3 is 2.27 bits per heavy atom. The third-order valence-electron chi connectivity index (χ3n) is 5.38. The standard InChI is InChI=1S/C13H20O2/c14-12(15)13(10-3-1-2-4-10)8-9-5-6-11(13)7-9/h9-11H,1-8H2,(H,14,15). The van der Waals surface area contributed by atoms with Crippen LogP contribution in [0.15, 0.2) is 0 Å². The van der Waals surface area contributed by atoms with Crippen LogP contribution in [0.1, 0.15) is 51.4 Å². The molecule has 0 aliphatic heterocycles. The average molecular weight is 208 g/mol. The maximum atomic E-state index is 11.7. The van der Waals surface area contributed by atoms with Gasteiger partial charge in [-0.3, -0.25) is 4.79 Å². The quantitative estimate of drug-likeness (QED) is 0.757. The van der Waals surface area contributed by atoms with Crippen molar-refractivity contribution in [2.45, 2.75) is 51.4 Å².